The van der Waals surface area contributed by atoms with Crippen molar-refractivity contribution in [2.75, 3.05) is 6.61 Å². The van der Waals surface area contributed by atoms with Crippen LogP contribution in [0.3, 0.4) is 0 Å². The maximum absolute atomic E-state index is 5.63. The van der Waals surface area contributed by atoms with E-state index < -0.39 is 0 Å². The monoisotopic (exact) mass is 435 g/mol. The Hall–Kier alpha value is -2.09. The molecule has 0 heterocycles. The molecule has 0 saturated heterocycles. The summed E-state index contributed by atoms with van der Waals surface area (Å²) in [7, 11) is 0. The van der Waals surface area contributed by atoms with E-state index in [2.05, 4.69) is 55.2 Å². The third kappa shape index (κ3) is 12.1. The van der Waals surface area contributed by atoms with Crippen LogP contribution in [0.5, 0.6) is 5.75 Å². The first kappa shape index (κ1) is 26.2. The van der Waals surface area contributed by atoms with E-state index in [1.165, 1.54) is 89.0 Å². The van der Waals surface area contributed by atoms with Gasteiger partial charge < -0.3 is 4.74 Å². The summed E-state index contributed by atoms with van der Waals surface area (Å²) in [5, 5.41) is 0. The van der Waals surface area contributed by atoms with Crippen LogP contribution in [0.25, 0.3) is 0 Å². The molecular weight excluding hydrogens is 390 g/mol. The number of aryl methyl sites for hydroxylation is 1. The number of rotatable bonds is 18. The van der Waals surface area contributed by atoms with Crippen molar-refractivity contribution in [3.63, 3.8) is 0 Å². The van der Waals surface area contributed by atoms with Crippen LogP contribution in [-0.2, 0) is 6.42 Å². The van der Waals surface area contributed by atoms with E-state index in [-0.39, 0.29) is 0 Å². The maximum atomic E-state index is 5.63. The van der Waals surface area contributed by atoms with Gasteiger partial charge in [0.05, 0.1) is 12.3 Å². The first-order valence-corrected chi connectivity index (χ1v) is 13.2. The molecule has 0 aliphatic carbocycles. The fourth-order valence-corrected chi connectivity index (χ4v) is 3.94. The molecule has 32 heavy (non-hydrogen) atoms. The highest BCUT2D eigenvalue weighted by Gasteiger charge is 1.97. The van der Waals surface area contributed by atoms with Crippen molar-refractivity contribution in [3.8, 4) is 5.75 Å². The summed E-state index contributed by atoms with van der Waals surface area (Å²) in [6.45, 7) is 5.17. The maximum Gasteiger partial charge on any atom is 0.119 e. The molecule has 0 aliphatic heterocycles. The fraction of sp³-hybridized carbons (Fsp3) is 0.567. The number of hydrogen-bond acceptors (Lipinski definition) is 2. The van der Waals surface area contributed by atoms with Gasteiger partial charge in [-0.15, -0.1) is 0 Å². The lowest BCUT2D eigenvalue weighted by Gasteiger charge is -2.04. The SMILES string of the molecule is CCCCCCCCCCCCCCc1ccc(N=Cc2ccc(OCCC)cc2)cc1. The lowest BCUT2D eigenvalue weighted by atomic mass is 10.0. The summed E-state index contributed by atoms with van der Waals surface area (Å²) in [5.74, 6) is 0.922. The van der Waals surface area contributed by atoms with Gasteiger partial charge in [0.25, 0.3) is 0 Å². The summed E-state index contributed by atoms with van der Waals surface area (Å²) in [6.07, 6.45) is 21.0. The van der Waals surface area contributed by atoms with Gasteiger partial charge in [-0.25, -0.2) is 0 Å². The van der Waals surface area contributed by atoms with E-state index in [1.807, 2.05) is 18.3 Å². The molecule has 0 aliphatic rings. The number of unbranched alkanes of at least 4 members (excludes halogenated alkanes) is 11. The minimum absolute atomic E-state index is 0.763. The van der Waals surface area contributed by atoms with Crippen molar-refractivity contribution >= 4 is 11.9 Å². The Bertz CT molecular complexity index is 718. The van der Waals surface area contributed by atoms with Gasteiger partial charge >= 0.3 is 0 Å². The van der Waals surface area contributed by atoms with Gasteiger partial charge in [0.15, 0.2) is 0 Å². The van der Waals surface area contributed by atoms with Crippen molar-refractivity contribution in [2.24, 2.45) is 4.99 Å². The van der Waals surface area contributed by atoms with Crippen molar-refractivity contribution in [1.29, 1.82) is 0 Å². The Balaban J connectivity index is 1.54. The van der Waals surface area contributed by atoms with E-state index in [1.54, 1.807) is 0 Å². The largest absolute Gasteiger partial charge is 0.494 e. The summed E-state index contributed by atoms with van der Waals surface area (Å²) >= 11 is 0. The Morgan fingerprint density at radius 1 is 0.625 bits per heavy atom. The summed E-state index contributed by atoms with van der Waals surface area (Å²) in [5.41, 5.74) is 3.53. The van der Waals surface area contributed by atoms with E-state index in [4.69, 9.17) is 4.74 Å². The van der Waals surface area contributed by atoms with Crippen molar-refractivity contribution in [2.45, 2.75) is 104 Å². The Kier molecular flexibility index (Phi) is 14.3. The molecule has 0 bridgehead atoms. The van der Waals surface area contributed by atoms with E-state index >= 15 is 0 Å². The summed E-state index contributed by atoms with van der Waals surface area (Å²) in [6, 6.07) is 16.8. The highest BCUT2D eigenvalue weighted by molar-refractivity contribution is 5.82. The van der Waals surface area contributed by atoms with Gasteiger partial charge in [-0.2, -0.15) is 0 Å². The molecule has 2 aromatic rings. The molecule has 0 unspecified atom stereocenters. The molecule has 2 heteroatoms. The Morgan fingerprint density at radius 3 is 1.75 bits per heavy atom. The number of ether oxygens (including phenoxy) is 1. The predicted octanol–water partition coefficient (Wildman–Crippen LogP) is 9.47. The average molecular weight is 436 g/mol. The average Bonchev–Trinajstić information content (AvgIpc) is 2.83. The molecule has 0 spiro atoms. The minimum atomic E-state index is 0.763. The molecule has 0 amide bonds. The predicted molar refractivity (Wildman–Crippen MR) is 141 cm³/mol. The van der Waals surface area contributed by atoms with Gasteiger partial charge in [0.1, 0.15) is 5.75 Å². The van der Waals surface area contributed by atoms with Crippen LogP contribution in [0.2, 0.25) is 0 Å². The molecule has 2 nitrogen and oxygen atoms in total. The minimum Gasteiger partial charge on any atom is -0.494 e. The Labute approximate surface area is 197 Å². The van der Waals surface area contributed by atoms with Crippen LogP contribution in [0.4, 0.5) is 5.69 Å². The van der Waals surface area contributed by atoms with E-state index in [0.717, 1.165) is 30.0 Å². The zero-order chi connectivity index (χ0) is 22.7. The smallest absolute Gasteiger partial charge is 0.119 e. The van der Waals surface area contributed by atoms with Gasteiger partial charge in [-0.3, -0.25) is 4.99 Å². The van der Waals surface area contributed by atoms with Crippen molar-refractivity contribution in [1.82, 2.24) is 0 Å². The van der Waals surface area contributed by atoms with Crippen LogP contribution >= 0.6 is 0 Å². The fourth-order valence-electron chi connectivity index (χ4n) is 3.94. The Morgan fingerprint density at radius 2 is 1.19 bits per heavy atom. The zero-order valence-corrected chi connectivity index (χ0v) is 20.7. The second-order valence-corrected chi connectivity index (χ2v) is 8.98. The molecule has 176 valence electrons. The molecule has 0 saturated carbocycles. The lowest BCUT2D eigenvalue weighted by molar-refractivity contribution is 0.317. The highest BCUT2D eigenvalue weighted by atomic mass is 16.5. The third-order valence-corrected chi connectivity index (χ3v) is 5.97. The van der Waals surface area contributed by atoms with Crippen LogP contribution in [0, 0.1) is 0 Å². The van der Waals surface area contributed by atoms with Gasteiger partial charge in [0.2, 0.25) is 0 Å². The molecule has 0 atom stereocenters. The van der Waals surface area contributed by atoms with E-state index in [9.17, 15) is 0 Å². The van der Waals surface area contributed by atoms with Gasteiger partial charge in [0, 0.05) is 6.21 Å². The summed E-state index contributed by atoms with van der Waals surface area (Å²) in [4.78, 5) is 4.61. The molecule has 0 aromatic heterocycles. The quantitative estimate of drug-likeness (QED) is 0.169. The second-order valence-electron chi connectivity index (χ2n) is 8.98. The molecule has 0 fully saturated rings. The first-order chi connectivity index (χ1) is 15.8. The number of benzene rings is 2. The van der Waals surface area contributed by atoms with Crippen molar-refractivity contribution < 1.29 is 4.74 Å². The molecule has 2 aromatic carbocycles. The van der Waals surface area contributed by atoms with Crippen LogP contribution in [0.1, 0.15) is 108 Å². The number of aliphatic imine (C=N–C) groups is 1. The van der Waals surface area contributed by atoms with E-state index in [0.29, 0.717) is 0 Å². The molecule has 0 radical (unpaired) electrons. The van der Waals surface area contributed by atoms with Crippen LogP contribution in [-0.4, -0.2) is 12.8 Å². The van der Waals surface area contributed by atoms with Crippen LogP contribution in [0.15, 0.2) is 53.5 Å². The second kappa shape index (κ2) is 17.5. The first-order valence-electron chi connectivity index (χ1n) is 13.2. The standard InChI is InChI=1S/C30H45NO/c1-3-5-6-7-8-9-10-11-12-13-14-15-16-27-17-21-29(22-18-27)31-26-28-19-23-30(24-20-28)32-25-4-2/h17-24,26H,3-16,25H2,1-2H3. The summed E-state index contributed by atoms with van der Waals surface area (Å²) < 4.78 is 5.63. The third-order valence-electron chi connectivity index (χ3n) is 5.97. The molecular formula is C30H45NO. The van der Waals surface area contributed by atoms with Crippen LogP contribution < -0.4 is 4.74 Å². The number of hydrogen-bond donors (Lipinski definition) is 0. The van der Waals surface area contributed by atoms with Gasteiger partial charge in [-0.05, 0) is 66.8 Å². The zero-order valence-electron chi connectivity index (χ0n) is 20.7. The van der Waals surface area contributed by atoms with Crippen molar-refractivity contribution in [3.05, 3.63) is 59.7 Å². The molecule has 0 N–H and O–H groups in total. The lowest BCUT2D eigenvalue weighted by Crippen LogP contribution is -1.94. The van der Waals surface area contributed by atoms with Gasteiger partial charge in [-0.1, -0.05) is 96.6 Å². The highest BCUT2D eigenvalue weighted by Crippen LogP contribution is 2.17. The topological polar surface area (TPSA) is 21.6 Å². The number of nitrogens with zero attached hydrogens (tertiary/aromatic N) is 1. The normalized spacial score (nSPS) is 11.3. The molecule has 2 rings (SSSR count).